The fraction of sp³-hybridized carbons (Fsp3) is 0.500. The lowest BCUT2D eigenvalue weighted by atomic mass is 9.79. The maximum absolute atomic E-state index is 12.8. The van der Waals surface area contributed by atoms with Gasteiger partial charge in [-0.05, 0) is 69.7 Å². The number of amides is 3. The lowest BCUT2D eigenvalue weighted by Crippen LogP contribution is -2.53. The van der Waals surface area contributed by atoms with E-state index >= 15 is 0 Å². The van der Waals surface area contributed by atoms with E-state index in [9.17, 15) is 9.59 Å². The molecule has 1 aliphatic carbocycles. The number of carbonyl (C=O) groups is 2. The molecule has 0 bridgehead atoms. The van der Waals surface area contributed by atoms with Crippen LogP contribution in [0.5, 0.6) is 0 Å². The molecule has 1 saturated heterocycles. The highest BCUT2D eigenvalue weighted by Crippen LogP contribution is 2.41. The van der Waals surface area contributed by atoms with Gasteiger partial charge in [-0.1, -0.05) is 36.2 Å². The average Bonchev–Trinajstić information content (AvgIpc) is 2.74. The van der Waals surface area contributed by atoms with Crippen LogP contribution in [0.25, 0.3) is 0 Å². The third-order valence-electron chi connectivity index (χ3n) is 6.44. The highest BCUT2D eigenvalue weighted by atomic mass is 35.5. The Morgan fingerprint density at radius 3 is 2.53 bits per heavy atom. The van der Waals surface area contributed by atoms with E-state index < -0.39 is 5.60 Å². The second-order valence-electron chi connectivity index (χ2n) is 10.2. The molecule has 1 aromatic carbocycles. The monoisotopic (exact) mass is 484 g/mol. The Labute approximate surface area is 206 Å². The summed E-state index contributed by atoms with van der Waals surface area (Å²) in [5.74, 6) is 0.270. The number of nitrogens with one attached hydrogen (secondary N) is 2. The van der Waals surface area contributed by atoms with Crippen molar-refractivity contribution in [1.29, 1.82) is 0 Å². The van der Waals surface area contributed by atoms with Gasteiger partial charge in [0.25, 0.3) is 0 Å². The van der Waals surface area contributed by atoms with Crippen molar-refractivity contribution < 1.29 is 14.3 Å². The molecule has 3 amide bonds. The topological polar surface area (TPSA) is 83.6 Å². The number of carbonyl (C=O) groups excluding carboxylic acids is 2. The van der Waals surface area contributed by atoms with E-state index in [2.05, 4.69) is 21.7 Å². The number of para-hydroxylation sites is 1. The summed E-state index contributed by atoms with van der Waals surface area (Å²) in [4.78, 5) is 31.9. The van der Waals surface area contributed by atoms with Gasteiger partial charge in [-0.15, -0.1) is 0 Å². The number of aromatic nitrogens is 1. The van der Waals surface area contributed by atoms with Gasteiger partial charge < -0.3 is 20.3 Å². The normalized spacial score (nSPS) is 20.9. The summed E-state index contributed by atoms with van der Waals surface area (Å²) in [6, 6.07) is 10.9. The van der Waals surface area contributed by atoms with Gasteiger partial charge in [0.1, 0.15) is 5.60 Å². The largest absolute Gasteiger partial charge is 0.444 e. The van der Waals surface area contributed by atoms with Crippen molar-refractivity contribution in [2.24, 2.45) is 0 Å². The van der Waals surface area contributed by atoms with Gasteiger partial charge in [0.2, 0.25) is 0 Å². The maximum Gasteiger partial charge on any atom is 0.410 e. The molecule has 4 rings (SSSR count). The van der Waals surface area contributed by atoms with Gasteiger partial charge in [0, 0.05) is 42.6 Å². The molecule has 2 heterocycles. The first-order valence-corrected chi connectivity index (χ1v) is 12.3. The van der Waals surface area contributed by atoms with Crippen LogP contribution in [0.1, 0.15) is 69.5 Å². The molecule has 182 valence electrons. The summed E-state index contributed by atoms with van der Waals surface area (Å²) < 4.78 is 5.61. The fourth-order valence-electron chi connectivity index (χ4n) is 4.48. The SMILES string of the molecule is CC(C)(C)OC(=O)N1CC[C@@H](NC(=O)Nc2ccccc2)[C@H](c2cc(C3CCC3)c(Cl)cn2)C1. The van der Waals surface area contributed by atoms with Crippen LogP contribution < -0.4 is 10.6 Å². The molecule has 2 N–H and O–H groups in total. The molecule has 1 saturated carbocycles. The third-order valence-corrected chi connectivity index (χ3v) is 6.76. The van der Waals surface area contributed by atoms with Crippen molar-refractivity contribution in [3.8, 4) is 0 Å². The van der Waals surface area contributed by atoms with Crippen LogP contribution >= 0.6 is 11.6 Å². The zero-order valence-electron chi connectivity index (χ0n) is 20.0. The van der Waals surface area contributed by atoms with Crippen LogP contribution in [-0.2, 0) is 4.74 Å². The van der Waals surface area contributed by atoms with E-state index in [1.807, 2.05) is 51.1 Å². The smallest absolute Gasteiger partial charge is 0.410 e. The van der Waals surface area contributed by atoms with E-state index in [0.717, 1.165) is 29.8 Å². The number of benzene rings is 1. The Morgan fingerprint density at radius 1 is 1.15 bits per heavy atom. The number of ether oxygens (including phenoxy) is 1. The van der Waals surface area contributed by atoms with E-state index in [1.165, 1.54) is 6.42 Å². The minimum atomic E-state index is -0.576. The molecule has 2 fully saturated rings. The molecule has 2 atom stereocenters. The number of pyridine rings is 1. The maximum atomic E-state index is 12.8. The molecule has 8 heteroatoms. The number of nitrogens with zero attached hydrogens (tertiary/aromatic N) is 2. The van der Waals surface area contributed by atoms with E-state index in [-0.39, 0.29) is 24.1 Å². The second-order valence-corrected chi connectivity index (χ2v) is 10.6. The minimum absolute atomic E-state index is 0.182. The van der Waals surface area contributed by atoms with Crippen molar-refractivity contribution >= 4 is 29.4 Å². The van der Waals surface area contributed by atoms with E-state index in [0.29, 0.717) is 30.5 Å². The quantitative estimate of drug-likeness (QED) is 0.564. The van der Waals surface area contributed by atoms with Crippen molar-refractivity contribution in [2.45, 2.75) is 69.9 Å². The number of hydrogen-bond donors (Lipinski definition) is 2. The van der Waals surface area contributed by atoms with E-state index in [4.69, 9.17) is 16.3 Å². The van der Waals surface area contributed by atoms with Crippen LogP contribution in [0.2, 0.25) is 5.02 Å². The van der Waals surface area contributed by atoms with Gasteiger partial charge >= 0.3 is 12.1 Å². The van der Waals surface area contributed by atoms with E-state index in [1.54, 1.807) is 11.1 Å². The first-order valence-electron chi connectivity index (χ1n) is 12.0. The number of likely N-dealkylation sites (tertiary alicyclic amines) is 1. The zero-order chi connectivity index (χ0) is 24.3. The molecule has 1 aliphatic heterocycles. The molecule has 0 spiro atoms. The molecule has 34 heavy (non-hydrogen) atoms. The molecular formula is C26H33ClN4O3. The molecule has 2 aromatic rings. The number of halogens is 1. The van der Waals surface area contributed by atoms with Crippen LogP contribution in [0.4, 0.5) is 15.3 Å². The Bertz CT molecular complexity index is 1020. The summed E-state index contributed by atoms with van der Waals surface area (Å²) in [5, 5.41) is 6.68. The standard InChI is InChI=1S/C26H33ClN4O3/c1-26(2,3)34-25(33)31-13-12-22(30-24(32)29-18-10-5-4-6-11-18)20(16-31)23-14-19(17-8-7-9-17)21(27)15-28-23/h4-6,10-11,14-15,17,20,22H,7-9,12-13,16H2,1-3H3,(H2,29,30,32)/t20-,22-/m1/s1. The fourth-order valence-corrected chi connectivity index (χ4v) is 4.74. The van der Waals surface area contributed by atoms with Crippen molar-refractivity contribution in [2.75, 3.05) is 18.4 Å². The van der Waals surface area contributed by atoms with Crippen LogP contribution in [0.15, 0.2) is 42.6 Å². The first kappa shape index (κ1) is 24.3. The number of urea groups is 1. The summed E-state index contributed by atoms with van der Waals surface area (Å²) >= 11 is 6.48. The Balaban J connectivity index is 1.55. The average molecular weight is 485 g/mol. The third kappa shape index (κ3) is 6.00. The Morgan fingerprint density at radius 2 is 1.88 bits per heavy atom. The summed E-state index contributed by atoms with van der Waals surface area (Å²) in [6.45, 7) is 6.47. The predicted octanol–water partition coefficient (Wildman–Crippen LogP) is 5.92. The summed E-state index contributed by atoms with van der Waals surface area (Å²) in [5.41, 5.74) is 2.09. The highest BCUT2D eigenvalue weighted by Gasteiger charge is 2.36. The second kappa shape index (κ2) is 10.2. The lowest BCUT2D eigenvalue weighted by Gasteiger charge is -2.39. The summed E-state index contributed by atoms with van der Waals surface area (Å²) in [6.07, 6.45) is 5.40. The zero-order valence-corrected chi connectivity index (χ0v) is 20.8. The van der Waals surface area contributed by atoms with Gasteiger partial charge in [-0.3, -0.25) is 4.98 Å². The predicted molar refractivity (Wildman–Crippen MR) is 133 cm³/mol. The lowest BCUT2D eigenvalue weighted by molar-refractivity contribution is 0.0178. The molecule has 0 radical (unpaired) electrons. The summed E-state index contributed by atoms with van der Waals surface area (Å²) in [7, 11) is 0. The number of hydrogen-bond acceptors (Lipinski definition) is 4. The highest BCUT2D eigenvalue weighted by molar-refractivity contribution is 6.31. The van der Waals surface area contributed by atoms with Gasteiger partial charge in [-0.25, -0.2) is 9.59 Å². The molecule has 7 nitrogen and oxygen atoms in total. The molecular weight excluding hydrogens is 452 g/mol. The van der Waals surface area contributed by atoms with Crippen LogP contribution in [0, 0.1) is 0 Å². The van der Waals surface area contributed by atoms with Crippen molar-refractivity contribution in [1.82, 2.24) is 15.2 Å². The van der Waals surface area contributed by atoms with Gasteiger partial charge in [0.15, 0.2) is 0 Å². The number of rotatable bonds is 4. The first-order chi connectivity index (χ1) is 16.2. The van der Waals surface area contributed by atoms with Gasteiger partial charge in [-0.2, -0.15) is 0 Å². The van der Waals surface area contributed by atoms with Crippen molar-refractivity contribution in [3.05, 3.63) is 58.9 Å². The number of anilines is 1. The molecule has 2 aliphatic rings. The molecule has 1 aromatic heterocycles. The number of piperidine rings is 1. The van der Waals surface area contributed by atoms with Crippen LogP contribution in [-0.4, -0.2) is 46.7 Å². The van der Waals surface area contributed by atoms with Crippen LogP contribution in [0.3, 0.4) is 0 Å². The Hall–Kier alpha value is -2.80. The minimum Gasteiger partial charge on any atom is -0.444 e. The Kier molecular flexibility index (Phi) is 7.31. The molecule has 0 unspecified atom stereocenters. The van der Waals surface area contributed by atoms with Crippen molar-refractivity contribution in [3.63, 3.8) is 0 Å². The van der Waals surface area contributed by atoms with Gasteiger partial charge in [0.05, 0.1) is 5.02 Å².